The highest BCUT2D eigenvalue weighted by Gasteiger charge is 2.23. The molecule has 0 spiro atoms. The number of nitrogens with one attached hydrogen (secondary N) is 1. The highest BCUT2D eigenvalue weighted by molar-refractivity contribution is 5.96. The van der Waals surface area contributed by atoms with E-state index in [1.165, 1.54) is 25.3 Å². The summed E-state index contributed by atoms with van der Waals surface area (Å²) in [5.74, 6) is 1.26. The van der Waals surface area contributed by atoms with E-state index in [0.29, 0.717) is 22.8 Å². The first-order valence-electron chi connectivity index (χ1n) is 8.36. The second-order valence-corrected chi connectivity index (χ2v) is 6.03. The Balaban J connectivity index is 1.87. The molecule has 1 N–H and O–H groups in total. The third kappa shape index (κ3) is 3.40. The van der Waals surface area contributed by atoms with Crippen molar-refractivity contribution in [1.82, 2.24) is 5.32 Å². The van der Waals surface area contributed by atoms with Gasteiger partial charge in [-0.15, -0.1) is 0 Å². The van der Waals surface area contributed by atoms with E-state index in [2.05, 4.69) is 17.4 Å². The Labute approximate surface area is 147 Å². The van der Waals surface area contributed by atoms with Gasteiger partial charge < -0.3 is 19.5 Å². The molecule has 0 saturated carbocycles. The Morgan fingerprint density at radius 1 is 1.04 bits per heavy atom. The fraction of sp³-hybridized carbons (Fsp3) is 0.350. The molecule has 0 aromatic heterocycles. The third-order valence-electron chi connectivity index (χ3n) is 4.60. The minimum atomic E-state index is -0.152. The number of hydrogen-bond acceptors (Lipinski definition) is 4. The van der Waals surface area contributed by atoms with Crippen molar-refractivity contribution in [2.24, 2.45) is 0 Å². The average Bonchev–Trinajstić information content (AvgIpc) is 2.66. The van der Waals surface area contributed by atoms with Gasteiger partial charge in [-0.1, -0.05) is 24.3 Å². The van der Waals surface area contributed by atoms with E-state index in [-0.39, 0.29) is 11.9 Å². The molecule has 1 atom stereocenters. The van der Waals surface area contributed by atoms with Crippen molar-refractivity contribution < 1.29 is 19.0 Å². The lowest BCUT2D eigenvalue weighted by molar-refractivity contribution is 0.0932. The van der Waals surface area contributed by atoms with Gasteiger partial charge in [-0.2, -0.15) is 0 Å². The van der Waals surface area contributed by atoms with Crippen LogP contribution in [0.2, 0.25) is 0 Å². The van der Waals surface area contributed by atoms with Gasteiger partial charge in [-0.05, 0) is 42.5 Å². The predicted molar refractivity (Wildman–Crippen MR) is 95.7 cm³/mol. The van der Waals surface area contributed by atoms with Gasteiger partial charge in [0.05, 0.1) is 27.4 Å². The number of carbonyl (C=O) groups is 1. The molecule has 0 saturated heterocycles. The molecular formula is C20H23NO4. The Kier molecular flexibility index (Phi) is 5.12. The summed E-state index contributed by atoms with van der Waals surface area (Å²) >= 11 is 0. The third-order valence-corrected chi connectivity index (χ3v) is 4.60. The number of benzene rings is 2. The molecule has 2 aromatic carbocycles. The maximum absolute atomic E-state index is 12.8. The molecule has 0 fully saturated rings. The maximum atomic E-state index is 12.8. The molecule has 25 heavy (non-hydrogen) atoms. The van der Waals surface area contributed by atoms with Crippen LogP contribution in [0.25, 0.3) is 0 Å². The van der Waals surface area contributed by atoms with E-state index >= 15 is 0 Å². The molecule has 1 aliphatic carbocycles. The Morgan fingerprint density at radius 3 is 2.36 bits per heavy atom. The summed E-state index contributed by atoms with van der Waals surface area (Å²) in [6.07, 6.45) is 3.07. The Bertz CT molecular complexity index is 747. The highest BCUT2D eigenvalue weighted by Crippen LogP contribution is 2.38. The summed E-state index contributed by atoms with van der Waals surface area (Å²) in [6, 6.07) is 11.7. The fourth-order valence-corrected chi connectivity index (χ4v) is 3.36. The lowest BCUT2D eigenvalue weighted by Crippen LogP contribution is -2.31. The maximum Gasteiger partial charge on any atom is 0.252 e. The van der Waals surface area contributed by atoms with Crippen LogP contribution in [0.5, 0.6) is 17.2 Å². The van der Waals surface area contributed by atoms with E-state index in [4.69, 9.17) is 14.2 Å². The van der Waals surface area contributed by atoms with Crippen LogP contribution in [0.15, 0.2) is 36.4 Å². The van der Waals surface area contributed by atoms with Gasteiger partial charge in [0, 0.05) is 5.56 Å². The van der Waals surface area contributed by atoms with Crippen molar-refractivity contribution in [2.75, 3.05) is 21.3 Å². The van der Waals surface area contributed by atoms with E-state index in [9.17, 15) is 4.79 Å². The zero-order chi connectivity index (χ0) is 17.8. The second kappa shape index (κ2) is 7.47. The zero-order valence-corrected chi connectivity index (χ0v) is 14.8. The lowest BCUT2D eigenvalue weighted by Gasteiger charge is -2.26. The van der Waals surface area contributed by atoms with Gasteiger partial charge in [0.15, 0.2) is 11.5 Å². The number of methoxy groups -OCH3 is 3. The Hall–Kier alpha value is -2.69. The number of carbonyl (C=O) groups excluding carboxylic acids is 1. The van der Waals surface area contributed by atoms with Gasteiger partial charge in [-0.3, -0.25) is 4.79 Å². The number of hydrogen-bond donors (Lipinski definition) is 1. The van der Waals surface area contributed by atoms with Crippen molar-refractivity contribution in [3.63, 3.8) is 0 Å². The van der Waals surface area contributed by atoms with Crippen molar-refractivity contribution in [1.29, 1.82) is 0 Å². The quantitative estimate of drug-likeness (QED) is 0.904. The first-order chi connectivity index (χ1) is 12.2. The van der Waals surface area contributed by atoms with Gasteiger partial charge in [0.2, 0.25) is 5.75 Å². The molecular weight excluding hydrogens is 318 g/mol. The molecule has 0 aliphatic heterocycles. The average molecular weight is 341 g/mol. The van der Waals surface area contributed by atoms with Crippen LogP contribution in [-0.2, 0) is 6.42 Å². The summed E-state index contributed by atoms with van der Waals surface area (Å²) < 4.78 is 16.0. The van der Waals surface area contributed by atoms with Gasteiger partial charge in [0.1, 0.15) is 0 Å². The molecule has 1 aliphatic rings. The van der Waals surface area contributed by atoms with E-state index in [1.54, 1.807) is 19.2 Å². The summed E-state index contributed by atoms with van der Waals surface area (Å²) in [7, 11) is 4.62. The number of aryl methyl sites for hydroxylation is 1. The number of amides is 1. The normalized spacial score (nSPS) is 15.9. The lowest BCUT2D eigenvalue weighted by atomic mass is 9.87. The van der Waals surface area contributed by atoms with E-state index in [0.717, 1.165) is 19.3 Å². The Morgan fingerprint density at radius 2 is 1.72 bits per heavy atom. The van der Waals surface area contributed by atoms with Crippen LogP contribution < -0.4 is 19.5 Å². The molecule has 3 rings (SSSR count). The SMILES string of the molecule is COc1cc(C(=O)N[C@H]2CCCc3ccccc32)cc(OC)c1OC. The number of rotatable bonds is 5. The largest absolute Gasteiger partial charge is 0.493 e. The van der Waals surface area contributed by atoms with Crippen LogP contribution in [0.4, 0.5) is 0 Å². The minimum Gasteiger partial charge on any atom is -0.493 e. The molecule has 0 bridgehead atoms. The van der Waals surface area contributed by atoms with Crippen molar-refractivity contribution in [2.45, 2.75) is 25.3 Å². The van der Waals surface area contributed by atoms with Crippen LogP contribution >= 0.6 is 0 Å². The topological polar surface area (TPSA) is 56.8 Å². The van der Waals surface area contributed by atoms with Gasteiger partial charge in [-0.25, -0.2) is 0 Å². The molecule has 132 valence electrons. The van der Waals surface area contributed by atoms with Crippen molar-refractivity contribution in [3.05, 3.63) is 53.1 Å². The summed E-state index contributed by atoms with van der Waals surface area (Å²) in [5, 5.41) is 3.14. The smallest absolute Gasteiger partial charge is 0.252 e. The van der Waals surface area contributed by atoms with Crippen LogP contribution in [-0.4, -0.2) is 27.2 Å². The minimum absolute atomic E-state index is 0.0246. The molecule has 0 radical (unpaired) electrons. The number of fused-ring (bicyclic) bond motifs is 1. The van der Waals surface area contributed by atoms with Gasteiger partial charge >= 0.3 is 0 Å². The summed E-state index contributed by atoms with van der Waals surface area (Å²) in [6.45, 7) is 0. The summed E-state index contributed by atoms with van der Waals surface area (Å²) in [4.78, 5) is 12.8. The molecule has 5 heteroatoms. The monoisotopic (exact) mass is 341 g/mol. The molecule has 1 amide bonds. The zero-order valence-electron chi connectivity index (χ0n) is 14.8. The van der Waals surface area contributed by atoms with Crippen LogP contribution in [0, 0.1) is 0 Å². The van der Waals surface area contributed by atoms with Gasteiger partial charge in [0.25, 0.3) is 5.91 Å². The van der Waals surface area contributed by atoms with Crippen molar-refractivity contribution >= 4 is 5.91 Å². The van der Waals surface area contributed by atoms with E-state index in [1.807, 2.05) is 12.1 Å². The molecule has 2 aromatic rings. The predicted octanol–water partition coefficient (Wildman–Crippen LogP) is 3.52. The van der Waals surface area contributed by atoms with Crippen LogP contribution in [0.1, 0.15) is 40.4 Å². The molecule has 0 heterocycles. The van der Waals surface area contributed by atoms with Crippen molar-refractivity contribution in [3.8, 4) is 17.2 Å². The molecule has 0 unspecified atom stereocenters. The van der Waals surface area contributed by atoms with E-state index < -0.39 is 0 Å². The highest BCUT2D eigenvalue weighted by atomic mass is 16.5. The number of ether oxygens (including phenoxy) is 3. The fourth-order valence-electron chi connectivity index (χ4n) is 3.36. The first-order valence-corrected chi connectivity index (χ1v) is 8.36. The molecule has 5 nitrogen and oxygen atoms in total. The second-order valence-electron chi connectivity index (χ2n) is 6.03. The standard InChI is InChI=1S/C20H23NO4/c1-23-17-11-14(12-18(24-2)19(17)25-3)20(22)21-16-10-6-8-13-7-4-5-9-15(13)16/h4-5,7,9,11-12,16H,6,8,10H2,1-3H3,(H,21,22)/t16-/m0/s1. The summed E-state index contributed by atoms with van der Waals surface area (Å²) in [5.41, 5.74) is 3.00. The first kappa shape index (κ1) is 17.1. The van der Waals surface area contributed by atoms with Crippen LogP contribution in [0.3, 0.4) is 0 Å².